The Bertz CT molecular complexity index is 255. The largest absolute Gasteiger partial charge is 0.386 e. The van der Waals surface area contributed by atoms with E-state index >= 15 is 0 Å². The fourth-order valence-electron chi connectivity index (χ4n) is 0.988. The topological polar surface area (TPSA) is 86.7 Å². The molecule has 0 radical (unpaired) electrons. The molecule has 0 spiro atoms. The highest BCUT2D eigenvalue weighted by Gasteiger charge is 2.27. The average Bonchev–Trinajstić information content (AvgIpc) is 2.04. The van der Waals surface area contributed by atoms with Gasteiger partial charge in [0.1, 0.15) is 6.10 Å². The number of hydrogen-bond acceptors (Lipinski definition) is 4. The summed E-state index contributed by atoms with van der Waals surface area (Å²) in [5.74, 6) is -2.53. The van der Waals surface area contributed by atoms with Gasteiger partial charge in [0.25, 0.3) is 0 Å². The Morgan fingerprint density at radius 2 is 1.77 bits per heavy atom. The number of rotatable bonds is 3. The Hall–Kier alpha value is -0.940. The fraction of sp³-hybridized carbons (Fsp3) is 0.333. The maximum atomic E-state index is 9.21. The molecule has 0 fully saturated rings. The molecule has 1 rings (SSSR count). The molecular formula is C9H13NO3. The second kappa shape index (κ2) is 3.85. The van der Waals surface area contributed by atoms with Crippen molar-refractivity contribution in [2.75, 3.05) is 0 Å². The lowest BCUT2D eigenvalue weighted by Crippen LogP contribution is -2.51. The molecule has 1 aromatic carbocycles. The monoisotopic (exact) mass is 183 g/mol. The maximum absolute atomic E-state index is 9.21. The maximum Gasteiger partial charge on any atom is 0.247 e. The van der Waals surface area contributed by atoms with Gasteiger partial charge in [0.2, 0.25) is 5.91 Å². The van der Waals surface area contributed by atoms with Crippen molar-refractivity contribution in [3.05, 3.63) is 35.9 Å². The van der Waals surface area contributed by atoms with E-state index in [2.05, 4.69) is 0 Å². The number of hydrogen-bond donors (Lipinski definition) is 4. The third kappa shape index (κ3) is 3.12. The van der Waals surface area contributed by atoms with Gasteiger partial charge in [0.15, 0.2) is 0 Å². The van der Waals surface area contributed by atoms with Gasteiger partial charge in [-0.3, -0.25) is 5.73 Å². The minimum absolute atomic E-state index is 0.115. The highest BCUT2D eigenvalue weighted by molar-refractivity contribution is 5.15. The standard InChI is InChI=1S/C9H13NO3/c10-9(12,13)8(11)6-7-4-2-1-3-5-7/h1-5,8,11-13H,6,10H2. The lowest BCUT2D eigenvalue weighted by atomic mass is 10.1. The molecule has 0 bridgehead atoms. The molecule has 0 aliphatic rings. The molecular weight excluding hydrogens is 170 g/mol. The molecule has 4 nitrogen and oxygen atoms in total. The van der Waals surface area contributed by atoms with Gasteiger partial charge in [0.05, 0.1) is 0 Å². The van der Waals surface area contributed by atoms with Crippen LogP contribution in [0.1, 0.15) is 5.56 Å². The zero-order chi connectivity index (χ0) is 9.90. The molecule has 72 valence electrons. The van der Waals surface area contributed by atoms with Gasteiger partial charge in [-0.1, -0.05) is 30.3 Å². The van der Waals surface area contributed by atoms with Crippen LogP contribution in [-0.2, 0) is 6.42 Å². The van der Waals surface area contributed by atoms with E-state index in [1.54, 1.807) is 24.3 Å². The third-order valence-electron chi connectivity index (χ3n) is 1.76. The number of nitrogens with two attached hydrogens (primary N) is 1. The van der Waals surface area contributed by atoms with Crippen LogP contribution < -0.4 is 5.73 Å². The van der Waals surface area contributed by atoms with Gasteiger partial charge in [-0.25, -0.2) is 0 Å². The first-order chi connectivity index (χ1) is 6.00. The Balaban J connectivity index is 2.61. The van der Waals surface area contributed by atoms with Gasteiger partial charge in [-0.05, 0) is 5.56 Å². The Morgan fingerprint density at radius 1 is 1.23 bits per heavy atom. The second-order valence-corrected chi connectivity index (χ2v) is 2.99. The summed E-state index contributed by atoms with van der Waals surface area (Å²) in [5, 5.41) is 26.9. The molecule has 0 aromatic heterocycles. The molecule has 13 heavy (non-hydrogen) atoms. The Morgan fingerprint density at radius 3 is 2.23 bits per heavy atom. The van der Waals surface area contributed by atoms with E-state index in [1.165, 1.54) is 0 Å². The van der Waals surface area contributed by atoms with Crippen LogP contribution in [-0.4, -0.2) is 27.3 Å². The van der Waals surface area contributed by atoms with Crippen LogP contribution in [0.4, 0.5) is 0 Å². The average molecular weight is 183 g/mol. The summed E-state index contributed by atoms with van der Waals surface area (Å²) in [6.07, 6.45) is -1.26. The molecule has 0 heterocycles. The van der Waals surface area contributed by atoms with Crippen LogP contribution in [0.15, 0.2) is 30.3 Å². The molecule has 0 saturated heterocycles. The van der Waals surface area contributed by atoms with Crippen molar-refractivity contribution in [2.45, 2.75) is 18.4 Å². The van der Waals surface area contributed by atoms with Crippen molar-refractivity contribution in [2.24, 2.45) is 5.73 Å². The molecule has 0 aliphatic carbocycles. The number of aliphatic hydroxyl groups excluding tert-OH is 1. The van der Waals surface area contributed by atoms with Crippen LogP contribution >= 0.6 is 0 Å². The third-order valence-corrected chi connectivity index (χ3v) is 1.76. The molecule has 1 aromatic rings. The summed E-state index contributed by atoms with van der Waals surface area (Å²) in [5.41, 5.74) is 5.69. The fourth-order valence-corrected chi connectivity index (χ4v) is 0.988. The molecule has 0 amide bonds. The predicted molar refractivity (Wildman–Crippen MR) is 47.5 cm³/mol. The van der Waals surface area contributed by atoms with Crippen LogP contribution in [0.25, 0.3) is 0 Å². The van der Waals surface area contributed by atoms with Crippen molar-refractivity contribution in [1.82, 2.24) is 0 Å². The van der Waals surface area contributed by atoms with Crippen molar-refractivity contribution < 1.29 is 15.3 Å². The Labute approximate surface area is 76.2 Å². The summed E-state index contributed by atoms with van der Waals surface area (Å²) >= 11 is 0. The van der Waals surface area contributed by atoms with Gasteiger partial charge in [0, 0.05) is 6.42 Å². The summed E-state index contributed by atoms with van der Waals surface area (Å²) in [7, 11) is 0. The number of benzene rings is 1. The SMILES string of the molecule is NC(O)(O)C(O)Cc1ccccc1. The second-order valence-electron chi connectivity index (χ2n) is 2.99. The molecule has 1 atom stereocenters. The van der Waals surface area contributed by atoms with E-state index < -0.39 is 12.0 Å². The molecule has 0 aliphatic heterocycles. The first-order valence-electron chi connectivity index (χ1n) is 3.96. The highest BCUT2D eigenvalue weighted by Crippen LogP contribution is 2.07. The summed E-state index contributed by atoms with van der Waals surface area (Å²) in [4.78, 5) is 0. The Kier molecular flexibility index (Phi) is 3.00. The van der Waals surface area contributed by atoms with E-state index in [9.17, 15) is 5.11 Å². The van der Waals surface area contributed by atoms with E-state index in [0.717, 1.165) is 5.56 Å². The van der Waals surface area contributed by atoms with Crippen LogP contribution in [0.3, 0.4) is 0 Å². The van der Waals surface area contributed by atoms with Crippen molar-refractivity contribution >= 4 is 0 Å². The minimum Gasteiger partial charge on any atom is -0.386 e. The molecule has 4 heteroatoms. The van der Waals surface area contributed by atoms with Crippen LogP contribution in [0.5, 0.6) is 0 Å². The first-order valence-corrected chi connectivity index (χ1v) is 3.96. The number of aliphatic hydroxyl groups is 3. The van der Waals surface area contributed by atoms with E-state index in [1.807, 2.05) is 6.07 Å². The summed E-state index contributed by atoms with van der Waals surface area (Å²) < 4.78 is 0. The predicted octanol–water partition coefficient (Wildman–Crippen LogP) is -0.813. The van der Waals surface area contributed by atoms with Crippen LogP contribution in [0, 0.1) is 0 Å². The van der Waals surface area contributed by atoms with E-state index in [-0.39, 0.29) is 6.42 Å². The molecule has 1 unspecified atom stereocenters. The van der Waals surface area contributed by atoms with Gasteiger partial charge in [-0.15, -0.1) is 0 Å². The summed E-state index contributed by atoms with van der Waals surface area (Å²) in [6.45, 7) is 0. The van der Waals surface area contributed by atoms with Crippen molar-refractivity contribution in [3.63, 3.8) is 0 Å². The first kappa shape index (κ1) is 10.1. The molecule has 5 N–H and O–H groups in total. The zero-order valence-corrected chi connectivity index (χ0v) is 7.09. The van der Waals surface area contributed by atoms with Gasteiger partial charge < -0.3 is 15.3 Å². The van der Waals surface area contributed by atoms with E-state index in [4.69, 9.17) is 15.9 Å². The quantitative estimate of drug-likeness (QED) is 0.461. The van der Waals surface area contributed by atoms with Crippen molar-refractivity contribution in [3.8, 4) is 0 Å². The smallest absolute Gasteiger partial charge is 0.247 e. The molecule has 0 saturated carbocycles. The van der Waals surface area contributed by atoms with Gasteiger partial charge >= 0.3 is 0 Å². The zero-order valence-electron chi connectivity index (χ0n) is 7.09. The lowest BCUT2D eigenvalue weighted by Gasteiger charge is -2.22. The van der Waals surface area contributed by atoms with Gasteiger partial charge in [-0.2, -0.15) is 0 Å². The lowest BCUT2D eigenvalue weighted by molar-refractivity contribution is -0.219. The minimum atomic E-state index is -2.53. The van der Waals surface area contributed by atoms with Crippen LogP contribution in [0.2, 0.25) is 0 Å². The van der Waals surface area contributed by atoms with Crippen molar-refractivity contribution in [1.29, 1.82) is 0 Å². The normalized spacial score (nSPS) is 14.2. The highest BCUT2D eigenvalue weighted by atomic mass is 16.5. The van der Waals surface area contributed by atoms with E-state index in [0.29, 0.717) is 0 Å². The summed E-state index contributed by atoms with van der Waals surface area (Å²) in [6, 6.07) is 8.98.